The van der Waals surface area contributed by atoms with Gasteiger partial charge in [0.2, 0.25) is 5.91 Å². The molecule has 0 aliphatic rings. The molecule has 0 spiro atoms. The first-order chi connectivity index (χ1) is 11.1. The van der Waals surface area contributed by atoms with Gasteiger partial charge in [0.25, 0.3) is 0 Å². The molecule has 0 saturated carbocycles. The molecule has 0 aliphatic heterocycles. The Morgan fingerprint density at radius 1 is 1.13 bits per heavy atom. The second-order valence-electron chi connectivity index (χ2n) is 5.72. The third-order valence-electron chi connectivity index (χ3n) is 3.76. The van der Waals surface area contributed by atoms with E-state index in [1.807, 2.05) is 54.4 Å². The van der Waals surface area contributed by atoms with Gasteiger partial charge in [-0.15, -0.1) is 0 Å². The van der Waals surface area contributed by atoms with E-state index < -0.39 is 0 Å². The maximum Gasteiger partial charge on any atom is 0.234 e. The number of aryl methyl sites for hydroxylation is 1. The number of benzene rings is 2. The van der Waals surface area contributed by atoms with Crippen molar-refractivity contribution in [3.8, 4) is 5.75 Å². The Morgan fingerprint density at radius 2 is 1.83 bits per heavy atom. The van der Waals surface area contributed by atoms with Crippen LogP contribution in [-0.2, 0) is 17.9 Å². The second kappa shape index (κ2) is 8.34. The third-order valence-corrected chi connectivity index (χ3v) is 3.76. The van der Waals surface area contributed by atoms with Gasteiger partial charge in [-0.1, -0.05) is 36.4 Å². The molecule has 0 atom stereocenters. The van der Waals surface area contributed by atoms with Gasteiger partial charge in [0.05, 0.1) is 13.7 Å². The fourth-order valence-corrected chi connectivity index (χ4v) is 2.40. The van der Waals surface area contributed by atoms with Gasteiger partial charge in [-0.25, -0.2) is 0 Å². The standard InChI is InChI=1S/C19H24N2O2/c1-15-6-4-5-7-17(15)12-20-19(22)14-21(2)13-16-8-10-18(23-3)11-9-16/h4-11H,12-14H2,1-3H3,(H,20,22). The fraction of sp³-hybridized carbons (Fsp3) is 0.316. The van der Waals surface area contributed by atoms with Crippen LogP contribution in [0, 0.1) is 6.92 Å². The minimum absolute atomic E-state index is 0.0317. The number of likely N-dealkylation sites (N-methyl/N-ethyl adjacent to an activating group) is 1. The van der Waals surface area contributed by atoms with E-state index in [1.165, 1.54) is 5.56 Å². The monoisotopic (exact) mass is 312 g/mol. The van der Waals surface area contributed by atoms with E-state index in [1.54, 1.807) is 7.11 Å². The molecule has 0 heterocycles. The maximum absolute atomic E-state index is 12.1. The van der Waals surface area contributed by atoms with Crippen LogP contribution >= 0.6 is 0 Å². The summed E-state index contributed by atoms with van der Waals surface area (Å²) < 4.78 is 5.14. The van der Waals surface area contributed by atoms with Crippen molar-refractivity contribution >= 4 is 5.91 Å². The lowest BCUT2D eigenvalue weighted by Gasteiger charge is -2.17. The van der Waals surface area contributed by atoms with Gasteiger partial charge in [-0.2, -0.15) is 0 Å². The maximum atomic E-state index is 12.1. The molecule has 0 aliphatic carbocycles. The lowest BCUT2D eigenvalue weighted by atomic mass is 10.1. The molecule has 2 rings (SSSR count). The van der Waals surface area contributed by atoms with Crippen molar-refractivity contribution in [2.24, 2.45) is 0 Å². The van der Waals surface area contributed by atoms with E-state index in [2.05, 4.69) is 18.3 Å². The zero-order chi connectivity index (χ0) is 16.7. The largest absolute Gasteiger partial charge is 0.497 e. The second-order valence-corrected chi connectivity index (χ2v) is 5.72. The Hall–Kier alpha value is -2.33. The van der Waals surface area contributed by atoms with Crippen LogP contribution < -0.4 is 10.1 Å². The molecule has 1 N–H and O–H groups in total. The summed E-state index contributed by atoms with van der Waals surface area (Å²) in [5.74, 6) is 0.872. The number of hydrogen-bond donors (Lipinski definition) is 1. The van der Waals surface area contributed by atoms with Crippen molar-refractivity contribution in [1.29, 1.82) is 0 Å². The van der Waals surface area contributed by atoms with Crippen molar-refractivity contribution in [2.45, 2.75) is 20.0 Å². The normalized spacial score (nSPS) is 10.6. The molecule has 23 heavy (non-hydrogen) atoms. The summed E-state index contributed by atoms with van der Waals surface area (Å²) in [5, 5.41) is 2.97. The number of ether oxygens (including phenoxy) is 1. The van der Waals surface area contributed by atoms with Gasteiger partial charge < -0.3 is 10.1 Å². The molecule has 0 aromatic heterocycles. The number of carbonyl (C=O) groups is 1. The van der Waals surface area contributed by atoms with Crippen molar-refractivity contribution in [1.82, 2.24) is 10.2 Å². The molecule has 0 bridgehead atoms. The molecule has 0 unspecified atom stereocenters. The molecule has 0 fully saturated rings. The zero-order valence-corrected chi connectivity index (χ0v) is 14.0. The zero-order valence-electron chi connectivity index (χ0n) is 14.0. The highest BCUT2D eigenvalue weighted by molar-refractivity contribution is 5.78. The quantitative estimate of drug-likeness (QED) is 0.855. The van der Waals surface area contributed by atoms with Gasteiger partial charge in [-0.3, -0.25) is 9.69 Å². The lowest BCUT2D eigenvalue weighted by molar-refractivity contribution is -0.122. The highest BCUT2D eigenvalue weighted by Gasteiger charge is 2.08. The van der Waals surface area contributed by atoms with E-state index in [0.29, 0.717) is 13.1 Å². The molecule has 2 aromatic rings. The number of methoxy groups -OCH3 is 1. The molecule has 0 saturated heterocycles. The molecular formula is C19H24N2O2. The predicted molar refractivity (Wildman–Crippen MR) is 92.4 cm³/mol. The van der Waals surface area contributed by atoms with E-state index in [4.69, 9.17) is 4.74 Å². The van der Waals surface area contributed by atoms with Gasteiger partial charge >= 0.3 is 0 Å². The average Bonchev–Trinajstić information content (AvgIpc) is 2.54. The number of hydrogen-bond acceptors (Lipinski definition) is 3. The van der Waals surface area contributed by atoms with Gasteiger partial charge in [-0.05, 0) is 42.8 Å². The lowest BCUT2D eigenvalue weighted by Crippen LogP contribution is -2.34. The van der Waals surface area contributed by atoms with Crippen LogP contribution in [0.3, 0.4) is 0 Å². The Balaban J connectivity index is 1.79. The van der Waals surface area contributed by atoms with Crippen LogP contribution in [0.2, 0.25) is 0 Å². The van der Waals surface area contributed by atoms with Gasteiger partial charge in [0.15, 0.2) is 0 Å². The number of carbonyl (C=O) groups excluding carboxylic acids is 1. The summed E-state index contributed by atoms with van der Waals surface area (Å²) in [6.45, 7) is 3.72. The summed E-state index contributed by atoms with van der Waals surface area (Å²) in [6, 6.07) is 16.0. The topological polar surface area (TPSA) is 41.6 Å². The van der Waals surface area contributed by atoms with Crippen LogP contribution in [0.15, 0.2) is 48.5 Å². The van der Waals surface area contributed by atoms with Crippen molar-refractivity contribution in [3.05, 3.63) is 65.2 Å². The van der Waals surface area contributed by atoms with E-state index in [9.17, 15) is 4.79 Å². The number of nitrogens with zero attached hydrogens (tertiary/aromatic N) is 1. The summed E-state index contributed by atoms with van der Waals surface area (Å²) in [5.41, 5.74) is 3.50. The van der Waals surface area contributed by atoms with E-state index in [0.717, 1.165) is 23.4 Å². The molecule has 4 nitrogen and oxygen atoms in total. The molecule has 0 radical (unpaired) electrons. The Labute approximate surface area is 138 Å². The predicted octanol–water partition coefficient (Wildman–Crippen LogP) is 2.75. The van der Waals surface area contributed by atoms with E-state index >= 15 is 0 Å². The van der Waals surface area contributed by atoms with Crippen LogP contribution in [0.4, 0.5) is 0 Å². The molecule has 4 heteroatoms. The van der Waals surface area contributed by atoms with Crippen LogP contribution in [0.1, 0.15) is 16.7 Å². The molecule has 122 valence electrons. The first-order valence-electron chi connectivity index (χ1n) is 7.71. The Morgan fingerprint density at radius 3 is 2.48 bits per heavy atom. The number of amides is 1. The summed E-state index contributed by atoms with van der Waals surface area (Å²) in [4.78, 5) is 14.1. The van der Waals surface area contributed by atoms with Crippen molar-refractivity contribution in [2.75, 3.05) is 20.7 Å². The first-order valence-corrected chi connectivity index (χ1v) is 7.71. The summed E-state index contributed by atoms with van der Waals surface area (Å²) >= 11 is 0. The van der Waals surface area contributed by atoms with E-state index in [-0.39, 0.29) is 5.91 Å². The van der Waals surface area contributed by atoms with Crippen LogP contribution in [0.5, 0.6) is 5.75 Å². The minimum Gasteiger partial charge on any atom is -0.497 e. The molecular weight excluding hydrogens is 288 g/mol. The van der Waals surface area contributed by atoms with Crippen molar-refractivity contribution < 1.29 is 9.53 Å². The smallest absolute Gasteiger partial charge is 0.234 e. The highest BCUT2D eigenvalue weighted by Crippen LogP contribution is 2.12. The highest BCUT2D eigenvalue weighted by atomic mass is 16.5. The van der Waals surface area contributed by atoms with Crippen molar-refractivity contribution in [3.63, 3.8) is 0 Å². The third kappa shape index (κ3) is 5.42. The van der Waals surface area contributed by atoms with Gasteiger partial charge in [0, 0.05) is 13.1 Å². The number of nitrogens with one attached hydrogen (secondary N) is 1. The Bertz CT molecular complexity index is 638. The van der Waals surface area contributed by atoms with Crippen LogP contribution in [-0.4, -0.2) is 31.5 Å². The molecule has 1 amide bonds. The number of rotatable bonds is 7. The fourth-order valence-electron chi connectivity index (χ4n) is 2.40. The Kier molecular flexibility index (Phi) is 6.18. The average molecular weight is 312 g/mol. The summed E-state index contributed by atoms with van der Waals surface area (Å²) in [7, 11) is 3.59. The minimum atomic E-state index is 0.0317. The first kappa shape index (κ1) is 17.0. The SMILES string of the molecule is COc1ccc(CN(C)CC(=O)NCc2ccccc2C)cc1. The van der Waals surface area contributed by atoms with Crippen LogP contribution in [0.25, 0.3) is 0 Å². The summed E-state index contributed by atoms with van der Waals surface area (Å²) in [6.07, 6.45) is 0. The van der Waals surface area contributed by atoms with Gasteiger partial charge in [0.1, 0.15) is 5.75 Å². The molecule has 2 aromatic carbocycles.